The Morgan fingerprint density at radius 3 is 2.08 bits per heavy atom. The molecule has 1 aliphatic rings. The van der Waals surface area contributed by atoms with Crippen molar-refractivity contribution in [2.24, 2.45) is 5.92 Å². The van der Waals surface area contributed by atoms with Crippen molar-refractivity contribution in [3.8, 4) is 0 Å². The Hall–Kier alpha value is -2.99. The van der Waals surface area contributed by atoms with Crippen LogP contribution in [-0.2, 0) is 9.53 Å². The smallest absolute Gasteiger partial charge is 0.313 e. The average Bonchev–Trinajstić information content (AvgIpc) is 2.91. The third-order valence-corrected chi connectivity index (χ3v) is 4.37. The Labute approximate surface area is 151 Å². The number of imide groups is 1. The van der Waals surface area contributed by atoms with Crippen LogP contribution >= 0.6 is 0 Å². The molecule has 0 radical (unpaired) electrons. The molecule has 2 atom stereocenters. The molecule has 0 aliphatic carbocycles. The number of amides is 2. The molecule has 1 heterocycles. The predicted molar refractivity (Wildman–Crippen MR) is 93.3 cm³/mol. The van der Waals surface area contributed by atoms with E-state index in [1.807, 2.05) is 0 Å². The zero-order valence-electron chi connectivity index (χ0n) is 14.3. The van der Waals surface area contributed by atoms with Crippen LogP contribution in [0.25, 0.3) is 0 Å². The minimum Gasteiger partial charge on any atom is -0.466 e. The summed E-state index contributed by atoms with van der Waals surface area (Å²) >= 11 is 0. The minimum atomic E-state index is -1.19. The highest BCUT2D eigenvalue weighted by Crippen LogP contribution is 2.28. The Bertz CT molecular complexity index is 798. The molecule has 6 heteroatoms. The minimum absolute atomic E-state index is 0.138. The summed E-state index contributed by atoms with van der Waals surface area (Å²) < 4.78 is 5.06. The van der Waals surface area contributed by atoms with Crippen LogP contribution in [0.2, 0.25) is 0 Å². The van der Waals surface area contributed by atoms with Crippen LogP contribution in [0.1, 0.15) is 39.3 Å². The molecule has 26 heavy (non-hydrogen) atoms. The fraction of sp³-hybridized carbons (Fsp3) is 0.250. The molecule has 2 amide bonds. The van der Waals surface area contributed by atoms with Crippen molar-refractivity contribution in [1.82, 2.24) is 4.90 Å². The Morgan fingerprint density at radius 1 is 1.00 bits per heavy atom. The average molecular weight is 353 g/mol. The fourth-order valence-electron chi connectivity index (χ4n) is 3.04. The van der Waals surface area contributed by atoms with Crippen LogP contribution in [0, 0.1) is 5.92 Å². The van der Waals surface area contributed by atoms with Gasteiger partial charge in [-0.15, -0.1) is 0 Å². The molecule has 2 aromatic rings. The highest BCUT2D eigenvalue weighted by atomic mass is 16.5. The van der Waals surface area contributed by atoms with Crippen molar-refractivity contribution in [3.63, 3.8) is 0 Å². The van der Waals surface area contributed by atoms with Crippen LogP contribution in [0.4, 0.5) is 0 Å². The van der Waals surface area contributed by atoms with E-state index in [9.17, 15) is 19.5 Å². The van der Waals surface area contributed by atoms with E-state index in [0.29, 0.717) is 16.7 Å². The van der Waals surface area contributed by atoms with Gasteiger partial charge in [0.25, 0.3) is 11.8 Å². The number of nitrogens with zero attached hydrogens (tertiary/aromatic N) is 1. The number of aliphatic hydroxyl groups is 1. The second-order valence-electron chi connectivity index (χ2n) is 5.98. The molecule has 0 bridgehead atoms. The summed E-state index contributed by atoms with van der Waals surface area (Å²) in [5, 5.41) is 10.7. The van der Waals surface area contributed by atoms with E-state index in [1.165, 1.54) is 0 Å². The summed E-state index contributed by atoms with van der Waals surface area (Å²) in [6.45, 7) is 1.55. The van der Waals surface area contributed by atoms with Crippen LogP contribution < -0.4 is 0 Å². The molecule has 0 aromatic heterocycles. The number of fused-ring (bicyclic) bond motifs is 1. The molecule has 0 saturated carbocycles. The number of hydrogen-bond acceptors (Lipinski definition) is 5. The van der Waals surface area contributed by atoms with Crippen molar-refractivity contribution >= 4 is 17.8 Å². The fourth-order valence-corrected chi connectivity index (χ4v) is 3.04. The van der Waals surface area contributed by atoms with Gasteiger partial charge in [-0.05, 0) is 24.6 Å². The van der Waals surface area contributed by atoms with Crippen molar-refractivity contribution in [3.05, 3.63) is 71.3 Å². The largest absolute Gasteiger partial charge is 0.466 e. The van der Waals surface area contributed by atoms with Crippen molar-refractivity contribution < 1.29 is 24.2 Å². The number of carbonyl (C=O) groups is 3. The molecular weight excluding hydrogens is 334 g/mol. The molecule has 3 rings (SSSR count). The van der Waals surface area contributed by atoms with E-state index >= 15 is 0 Å². The van der Waals surface area contributed by atoms with Crippen LogP contribution in [0.3, 0.4) is 0 Å². The van der Waals surface area contributed by atoms with Gasteiger partial charge in [0.1, 0.15) is 5.92 Å². The quantitative estimate of drug-likeness (QED) is 0.636. The van der Waals surface area contributed by atoms with Crippen molar-refractivity contribution in [1.29, 1.82) is 0 Å². The molecule has 6 nitrogen and oxygen atoms in total. The summed E-state index contributed by atoms with van der Waals surface area (Å²) in [4.78, 5) is 38.5. The van der Waals surface area contributed by atoms with Gasteiger partial charge in [-0.1, -0.05) is 42.5 Å². The lowest BCUT2D eigenvalue weighted by Crippen LogP contribution is -2.40. The molecule has 0 spiro atoms. The zero-order valence-corrected chi connectivity index (χ0v) is 14.3. The predicted octanol–water partition coefficient (Wildman–Crippen LogP) is 2.20. The molecular formula is C20H19NO5. The number of rotatable bonds is 6. The molecule has 0 saturated heterocycles. The standard InChI is InChI=1S/C20H19NO5/c1-2-26-20(25)16(17(22)13-8-4-3-5-9-13)12-21-18(23)14-10-6-7-11-15(14)19(21)24/h3-11,16-17,22H,2,12H2,1H3. The third kappa shape index (κ3) is 3.23. The van der Waals surface area contributed by atoms with Gasteiger partial charge in [0.15, 0.2) is 0 Å². The second kappa shape index (κ2) is 7.49. The SMILES string of the molecule is CCOC(=O)C(CN1C(=O)c2ccccc2C1=O)C(O)c1ccccc1. The number of benzene rings is 2. The second-order valence-corrected chi connectivity index (χ2v) is 5.98. The first-order valence-electron chi connectivity index (χ1n) is 8.39. The maximum Gasteiger partial charge on any atom is 0.313 e. The number of esters is 1. The van der Waals surface area contributed by atoms with Crippen molar-refractivity contribution in [2.45, 2.75) is 13.0 Å². The van der Waals surface area contributed by atoms with E-state index in [0.717, 1.165) is 4.90 Å². The number of ether oxygens (including phenoxy) is 1. The zero-order chi connectivity index (χ0) is 18.7. The van der Waals surface area contributed by atoms with E-state index < -0.39 is 29.8 Å². The molecule has 2 unspecified atom stereocenters. The summed E-state index contributed by atoms with van der Waals surface area (Å²) in [6.07, 6.45) is -1.19. The Kier molecular flexibility index (Phi) is 5.14. The van der Waals surface area contributed by atoms with Gasteiger partial charge >= 0.3 is 5.97 Å². The lowest BCUT2D eigenvalue weighted by molar-refractivity contribution is -0.152. The van der Waals surface area contributed by atoms with Crippen molar-refractivity contribution in [2.75, 3.05) is 13.2 Å². The molecule has 1 N–H and O–H groups in total. The first-order chi connectivity index (χ1) is 12.5. The molecule has 134 valence electrons. The van der Waals surface area contributed by atoms with Gasteiger partial charge in [-0.25, -0.2) is 0 Å². The topological polar surface area (TPSA) is 83.9 Å². The maximum atomic E-state index is 12.6. The van der Waals surface area contributed by atoms with E-state index in [-0.39, 0.29) is 13.2 Å². The van der Waals surface area contributed by atoms with Gasteiger partial charge in [0, 0.05) is 6.54 Å². The normalized spacial score (nSPS) is 15.5. The molecule has 1 aliphatic heterocycles. The number of aliphatic hydroxyl groups excluding tert-OH is 1. The number of hydrogen-bond donors (Lipinski definition) is 1. The molecule has 2 aromatic carbocycles. The van der Waals surface area contributed by atoms with E-state index in [4.69, 9.17) is 4.74 Å². The van der Waals surface area contributed by atoms with Gasteiger partial charge in [-0.2, -0.15) is 0 Å². The number of carbonyl (C=O) groups excluding carboxylic acids is 3. The summed E-state index contributed by atoms with van der Waals surface area (Å²) in [6, 6.07) is 15.1. The maximum absolute atomic E-state index is 12.6. The first kappa shape index (κ1) is 17.8. The lowest BCUT2D eigenvalue weighted by atomic mass is 9.95. The van der Waals surface area contributed by atoms with Crippen LogP contribution in [-0.4, -0.2) is 40.9 Å². The lowest BCUT2D eigenvalue weighted by Gasteiger charge is -2.25. The highest BCUT2D eigenvalue weighted by molar-refractivity contribution is 6.21. The van der Waals surface area contributed by atoms with Crippen LogP contribution in [0.15, 0.2) is 54.6 Å². The molecule has 0 fully saturated rings. The van der Waals surface area contributed by atoms with Gasteiger partial charge in [0.05, 0.1) is 23.8 Å². The summed E-state index contributed by atoms with van der Waals surface area (Å²) in [7, 11) is 0. The van der Waals surface area contributed by atoms with E-state index in [1.54, 1.807) is 61.5 Å². The summed E-state index contributed by atoms with van der Waals surface area (Å²) in [5.74, 6) is -2.67. The first-order valence-corrected chi connectivity index (χ1v) is 8.39. The highest BCUT2D eigenvalue weighted by Gasteiger charge is 2.40. The Balaban J connectivity index is 1.88. The van der Waals surface area contributed by atoms with Gasteiger partial charge in [-0.3, -0.25) is 19.3 Å². The summed E-state index contributed by atoms with van der Waals surface area (Å²) in [5.41, 5.74) is 1.12. The Morgan fingerprint density at radius 2 is 1.54 bits per heavy atom. The van der Waals surface area contributed by atoms with E-state index in [2.05, 4.69) is 0 Å². The monoisotopic (exact) mass is 353 g/mol. The van der Waals surface area contributed by atoms with Gasteiger partial charge in [0.2, 0.25) is 0 Å². The third-order valence-electron chi connectivity index (χ3n) is 4.37. The van der Waals surface area contributed by atoms with Crippen LogP contribution in [0.5, 0.6) is 0 Å². The van der Waals surface area contributed by atoms with Gasteiger partial charge < -0.3 is 9.84 Å².